The molecule has 2 aromatic carbocycles. The van der Waals surface area contributed by atoms with Gasteiger partial charge in [-0.3, -0.25) is 4.90 Å². The zero-order chi connectivity index (χ0) is 24.0. The molecule has 176 valence electrons. The molecule has 1 aliphatic heterocycles. The van der Waals surface area contributed by atoms with Crippen molar-refractivity contribution in [3.8, 4) is 11.1 Å². The number of piperidine rings is 1. The van der Waals surface area contributed by atoms with Crippen molar-refractivity contribution >= 4 is 34.0 Å². The summed E-state index contributed by atoms with van der Waals surface area (Å²) in [5.74, 6) is 1.54. The Balaban J connectivity index is 1.40. The number of aromatic nitrogens is 5. The van der Waals surface area contributed by atoms with E-state index in [4.69, 9.17) is 4.98 Å². The lowest BCUT2D eigenvalue weighted by Crippen LogP contribution is -2.54. The van der Waals surface area contributed by atoms with Gasteiger partial charge in [0.15, 0.2) is 0 Å². The van der Waals surface area contributed by atoms with Gasteiger partial charge in [-0.25, -0.2) is 19.7 Å². The van der Waals surface area contributed by atoms with Crippen molar-refractivity contribution in [3.05, 3.63) is 72.9 Å². The molecular weight excluding hydrogens is 442 g/mol. The number of nitrogens with one attached hydrogen (secondary N) is 2. The summed E-state index contributed by atoms with van der Waals surface area (Å²) in [5, 5.41) is 11.0. The molecule has 0 bridgehead atoms. The summed E-state index contributed by atoms with van der Waals surface area (Å²) < 4.78 is 0. The van der Waals surface area contributed by atoms with E-state index in [2.05, 4.69) is 43.0 Å². The van der Waals surface area contributed by atoms with E-state index in [1.807, 2.05) is 42.6 Å². The fourth-order valence-corrected chi connectivity index (χ4v) is 5.22. The molecule has 0 atom stereocenters. The van der Waals surface area contributed by atoms with E-state index in [-0.39, 0.29) is 0 Å². The predicted octanol–water partition coefficient (Wildman–Crippen LogP) is 4.61. The first-order chi connectivity index (χ1) is 17.1. The third-order valence-corrected chi connectivity index (χ3v) is 7.19. The Bertz CT molecular complexity index is 1520. The van der Waals surface area contributed by atoms with Crippen LogP contribution in [0.1, 0.15) is 18.7 Å². The van der Waals surface area contributed by atoms with Crippen LogP contribution in [0.3, 0.4) is 0 Å². The summed E-state index contributed by atoms with van der Waals surface area (Å²) >= 11 is 0. The maximum Gasteiger partial charge on any atom is 0.407 e. The van der Waals surface area contributed by atoms with E-state index < -0.39 is 11.6 Å². The van der Waals surface area contributed by atoms with Crippen molar-refractivity contribution in [1.29, 1.82) is 0 Å². The highest BCUT2D eigenvalue weighted by atomic mass is 16.4. The molecule has 0 saturated carbocycles. The second kappa shape index (κ2) is 8.12. The predicted molar refractivity (Wildman–Crippen MR) is 134 cm³/mol. The normalized spacial score (nSPS) is 15.5. The maximum absolute atomic E-state index is 12.2. The van der Waals surface area contributed by atoms with Gasteiger partial charge in [0.2, 0.25) is 0 Å². The number of H-pyrrole nitrogens is 2. The monoisotopic (exact) mass is 467 g/mol. The molecule has 6 rings (SSSR count). The minimum Gasteiger partial charge on any atom is -0.465 e. The minimum absolute atomic E-state index is 0.576. The van der Waals surface area contributed by atoms with Gasteiger partial charge in [0.05, 0.1) is 16.4 Å². The number of hydrogen-bond donors (Lipinski definition) is 3. The van der Waals surface area contributed by atoms with Gasteiger partial charge in [-0.2, -0.15) is 0 Å². The van der Waals surface area contributed by atoms with Crippen molar-refractivity contribution in [3.63, 3.8) is 0 Å². The van der Waals surface area contributed by atoms with Gasteiger partial charge < -0.3 is 20.0 Å². The van der Waals surface area contributed by atoms with E-state index in [1.54, 1.807) is 13.4 Å². The number of carbonyl (C=O) groups is 1. The SMILES string of the molecule is CN(C(=O)O)C1(c2nc3c(-c4ccccc4)cccc3[nH]2)CCN(c2ncnc3[nH]ccc23)CC1. The van der Waals surface area contributed by atoms with Crippen molar-refractivity contribution in [1.82, 2.24) is 29.8 Å². The van der Waals surface area contributed by atoms with Crippen LogP contribution in [0.5, 0.6) is 0 Å². The lowest BCUT2D eigenvalue weighted by Gasteiger charge is -2.45. The van der Waals surface area contributed by atoms with Crippen LogP contribution in [0.2, 0.25) is 0 Å². The van der Waals surface area contributed by atoms with Crippen LogP contribution in [-0.4, -0.2) is 61.2 Å². The average molecular weight is 468 g/mol. The molecule has 0 spiro atoms. The van der Waals surface area contributed by atoms with Gasteiger partial charge >= 0.3 is 6.09 Å². The smallest absolute Gasteiger partial charge is 0.407 e. The Hall–Kier alpha value is -4.40. The number of benzene rings is 2. The van der Waals surface area contributed by atoms with Crippen molar-refractivity contribution in [2.24, 2.45) is 0 Å². The van der Waals surface area contributed by atoms with Gasteiger partial charge in [0, 0.05) is 31.9 Å². The summed E-state index contributed by atoms with van der Waals surface area (Å²) in [6, 6.07) is 18.1. The first-order valence-corrected chi connectivity index (χ1v) is 11.6. The molecule has 9 nitrogen and oxygen atoms in total. The number of aromatic amines is 2. The number of hydrogen-bond acceptors (Lipinski definition) is 5. The molecule has 3 aromatic heterocycles. The van der Waals surface area contributed by atoms with Gasteiger partial charge in [-0.15, -0.1) is 0 Å². The molecule has 0 unspecified atom stereocenters. The van der Waals surface area contributed by atoms with Gasteiger partial charge in [0.25, 0.3) is 0 Å². The molecule has 35 heavy (non-hydrogen) atoms. The zero-order valence-corrected chi connectivity index (χ0v) is 19.3. The van der Waals surface area contributed by atoms with Crippen LogP contribution >= 0.6 is 0 Å². The van der Waals surface area contributed by atoms with Gasteiger partial charge in [-0.05, 0) is 30.5 Å². The number of rotatable bonds is 4. The van der Waals surface area contributed by atoms with Crippen LogP contribution in [0.4, 0.5) is 10.6 Å². The third-order valence-electron chi connectivity index (χ3n) is 7.19. The van der Waals surface area contributed by atoms with Crippen molar-refractivity contribution < 1.29 is 9.90 Å². The second-order valence-corrected chi connectivity index (χ2v) is 8.95. The van der Waals surface area contributed by atoms with Crippen LogP contribution in [-0.2, 0) is 5.54 Å². The number of imidazole rings is 1. The lowest BCUT2D eigenvalue weighted by molar-refractivity contribution is 0.0694. The van der Waals surface area contributed by atoms with Crippen LogP contribution in [0.15, 0.2) is 67.1 Å². The number of nitrogens with zero attached hydrogens (tertiary/aromatic N) is 5. The Morgan fingerprint density at radius 3 is 2.63 bits per heavy atom. The molecule has 1 aliphatic rings. The summed E-state index contributed by atoms with van der Waals surface area (Å²) in [6.45, 7) is 1.27. The van der Waals surface area contributed by atoms with Crippen LogP contribution in [0, 0.1) is 0 Å². The first-order valence-electron chi connectivity index (χ1n) is 11.6. The Kier molecular flexibility index (Phi) is 4.91. The molecule has 1 fully saturated rings. The van der Waals surface area contributed by atoms with Gasteiger partial charge in [-0.1, -0.05) is 42.5 Å². The van der Waals surface area contributed by atoms with E-state index in [0.29, 0.717) is 31.8 Å². The average Bonchev–Trinajstić information content (AvgIpc) is 3.56. The largest absolute Gasteiger partial charge is 0.465 e. The summed E-state index contributed by atoms with van der Waals surface area (Å²) in [6.07, 6.45) is 3.59. The van der Waals surface area contributed by atoms with Gasteiger partial charge in [0.1, 0.15) is 29.2 Å². The molecule has 3 N–H and O–H groups in total. The van der Waals surface area contributed by atoms with E-state index in [1.165, 1.54) is 4.90 Å². The fourth-order valence-electron chi connectivity index (χ4n) is 5.22. The minimum atomic E-state index is -0.975. The number of anilines is 1. The van der Waals surface area contributed by atoms with E-state index in [9.17, 15) is 9.90 Å². The molecular formula is C26H25N7O2. The Morgan fingerprint density at radius 1 is 1.06 bits per heavy atom. The molecule has 0 radical (unpaired) electrons. The standard InChI is InChI=1S/C26H25N7O2/c1-32(25(34)35)26(11-14-33(15-12-26)23-19-10-13-27-22(19)28-16-29-23)24-30-20-9-5-8-18(21(20)31-24)17-6-3-2-4-7-17/h2-10,13,16H,11-12,14-15H2,1H3,(H,30,31)(H,34,35)(H,27,28,29). The number of para-hydroxylation sites is 1. The zero-order valence-electron chi connectivity index (χ0n) is 19.3. The maximum atomic E-state index is 12.2. The Morgan fingerprint density at radius 2 is 1.86 bits per heavy atom. The number of amides is 1. The Labute approximate surface area is 201 Å². The molecule has 1 amide bonds. The highest BCUT2D eigenvalue weighted by Gasteiger charge is 2.45. The van der Waals surface area contributed by atoms with Crippen molar-refractivity contribution in [2.75, 3.05) is 25.0 Å². The van der Waals surface area contributed by atoms with E-state index in [0.717, 1.165) is 39.0 Å². The lowest BCUT2D eigenvalue weighted by atomic mass is 9.85. The summed E-state index contributed by atoms with van der Waals surface area (Å²) in [4.78, 5) is 36.3. The molecule has 1 saturated heterocycles. The first kappa shape index (κ1) is 21.2. The second-order valence-electron chi connectivity index (χ2n) is 8.95. The van der Waals surface area contributed by atoms with Crippen LogP contribution in [0.25, 0.3) is 33.2 Å². The number of carboxylic acid groups (broad SMARTS) is 1. The van der Waals surface area contributed by atoms with Crippen LogP contribution < -0.4 is 4.90 Å². The highest BCUT2D eigenvalue weighted by molar-refractivity contribution is 5.92. The van der Waals surface area contributed by atoms with E-state index >= 15 is 0 Å². The number of fused-ring (bicyclic) bond motifs is 2. The highest BCUT2D eigenvalue weighted by Crippen LogP contribution is 2.40. The molecule has 9 heteroatoms. The summed E-state index contributed by atoms with van der Waals surface area (Å²) in [7, 11) is 1.64. The summed E-state index contributed by atoms with van der Waals surface area (Å²) in [5.41, 5.74) is 3.85. The third kappa shape index (κ3) is 3.39. The topological polar surface area (TPSA) is 114 Å². The quantitative estimate of drug-likeness (QED) is 0.356. The fraction of sp³-hybridized carbons (Fsp3) is 0.231. The molecule has 0 aliphatic carbocycles. The molecule has 5 aromatic rings. The molecule has 4 heterocycles. The van der Waals surface area contributed by atoms with Crippen molar-refractivity contribution in [2.45, 2.75) is 18.4 Å².